The van der Waals surface area contributed by atoms with Gasteiger partial charge in [0.25, 0.3) is 0 Å². The topological polar surface area (TPSA) is 71.1 Å². The van der Waals surface area contributed by atoms with Gasteiger partial charge in [0.1, 0.15) is 0 Å². The van der Waals surface area contributed by atoms with Crippen LogP contribution in [0.1, 0.15) is 25.8 Å². The van der Waals surface area contributed by atoms with E-state index in [0.717, 1.165) is 29.3 Å². The van der Waals surface area contributed by atoms with E-state index in [1.54, 1.807) is 4.90 Å². The summed E-state index contributed by atoms with van der Waals surface area (Å²) in [6.07, 6.45) is 0.273. The number of carbonyl (C=O) groups excluding carboxylic acids is 2. The molecule has 4 rings (SSSR count). The third-order valence-electron chi connectivity index (χ3n) is 5.28. The minimum absolute atomic E-state index is 0.0240. The van der Waals surface area contributed by atoms with Crippen LogP contribution in [0.15, 0.2) is 42.5 Å². The maximum atomic E-state index is 13.3. The van der Waals surface area contributed by atoms with Crippen molar-refractivity contribution < 1.29 is 19.1 Å². The normalized spacial score (nSPS) is 17.7. The van der Waals surface area contributed by atoms with Gasteiger partial charge in [0.05, 0.1) is 17.9 Å². The number of anilines is 2. The Hall–Kier alpha value is -3.06. The third-order valence-corrected chi connectivity index (χ3v) is 5.28. The van der Waals surface area contributed by atoms with Gasteiger partial charge in [-0.1, -0.05) is 25.1 Å². The van der Waals surface area contributed by atoms with Gasteiger partial charge in [0.15, 0.2) is 11.5 Å². The Morgan fingerprint density at radius 2 is 2.00 bits per heavy atom. The number of hydrogen-bond acceptors (Lipinski definition) is 5. The molecule has 0 aliphatic carbocycles. The lowest BCUT2D eigenvalue weighted by Crippen LogP contribution is -2.45. The molecule has 0 fully saturated rings. The number of rotatable bonds is 5. The predicted octanol–water partition coefficient (Wildman–Crippen LogP) is 3.00. The monoisotopic (exact) mass is 395 g/mol. The van der Waals surface area contributed by atoms with E-state index in [2.05, 4.69) is 10.2 Å². The average Bonchev–Trinajstić information content (AvgIpc) is 3.11. The quantitative estimate of drug-likeness (QED) is 0.843. The number of amides is 2. The van der Waals surface area contributed by atoms with Crippen LogP contribution in [0.5, 0.6) is 11.5 Å². The van der Waals surface area contributed by atoms with Crippen molar-refractivity contribution in [3.8, 4) is 11.5 Å². The van der Waals surface area contributed by atoms with Crippen molar-refractivity contribution in [2.45, 2.75) is 32.9 Å². The predicted molar refractivity (Wildman–Crippen MR) is 110 cm³/mol. The zero-order valence-electron chi connectivity index (χ0n) is 16.7. The highest BCUT2D eigenvalue weighted by Crippen LogP contribution is 2.33. The summed E-state index contributed by atoms with van der Waals surface area (Å²) in [5, 5.41) is 2.90. The fraction of sp³-hybridized carbons (Fsp3) is 0.364. The third kappa shape index (κ3) is 4.05. The Bertz CT molecular complexity index is 930. The van der Waals surface area contributed by atoms with Gasteiger partial charge in [-0.25, -0.2) is 0 Å². The van der Waals surface area contributed by atoms with Gasteiger partial charge in [-0.2, -0.15) is 0 Å². The molecule has 7 nitrogen and oxygen atoms in total. The fourth-order valence-corrected chi connectivity index (χ4v) is 3.81. The number of nitrogens with zero attached hydrogens (tertiary/aromatic N) is 2. The molecule has 2 amide bonds. The molecule has 2 aliphatic heterocycles. The molecule has 0 saturated heterocycles. The maximum Gasteiger partial charge on any atom is 0.241 e. The number of carbonyl (C=O) groups is 2. The molecule has 0 spiro atoms. The van der Waals surface area contributed by atoms with E-state index in [1.165, 1.54) is 0 Å². The molecule has 2 heterocycles. The zero-order chi connectivity index (χ0) is 20.4. The average molecular weight is 395 g/mol. The lowest BCUT2D eigenvalue weighted by molar-refractivity contribution is -0.120. The van der Waals surface area contributed by atoms with Gasteiger partial charge < -0.3 is 19.7 Å². The SMILES string of the molecule is CCN(CC(=O)N1c2ccccc2NC(=O)CC1C)Cc1ccc2c(c1)OCO2. The Morgan fingerprint density at radius 3 is 2.83 bits per heavy atom. The zero-order valence-corrected chi connectivity index (χ0v) is 16.7. The van der Waals surface area contributed by atoms with E-state index < -0.39 is 0 Å². The second-order valence-corrected chi connectivity index (χ2v) is 7.37. The Labute approximate surface area is 170 Å². The minimum Gasteiger partial charge on any atom is -0.454 e. The van der Waals surface area contributed by atoms with Crippen molar-refractivity contribution in [2.75, 3.05) is 30.1 Å². The van der Waals surface area contributed by atoms with Crippen LogP contribution in [0, 0.1) is 0 Å². The molecule has 2 aliphatic rings. The van der Waals surface area contributed by atoms with E-state index >= 15 is 0 Å². The summed E-state index contributed by atoms with van der Waals surface area (Å²) in [6.45, 7) is 5.80. The van der Waals surface area contributed by atoms with Gasteiger partial charge in [-0.05, 0) is 43.3 Å². The van der Waals surface area contributed by atoms with Gasteiger partial charge in [-0.15, -0.1) is 0 Å². The Balaban J connectivity index is 1.51. The number of para-hydroxylation sites is 2. The van der Waals surface area contributed by atoms with Crippen molar-refractivity contribution in [1.82, 2.24) is 4.90 Å². The maximum absolute atomic E-state index is 13.3. The summed E-state index contributed by atoms with van der Waals surface area (Å²) >= 11 is 0. The molecule has 2 aromatic rings. The van der Waals surface area contributed by atoms with Crippen molar-refractivity contribution in [1.29, 1.82) is 0 Å². The summed E-state index contributed by atoms with van der Waals surface area (Å²) in [4.78, 5) is 29.3. The molecular formula is C22H25N3O4. The second kappa shape index (κ2) is 8.13. The summed E-state index contributed by atoms with van der Waals surface area (Å²) in [7, 11) is 0. The number of fused-ring (bicyclic) bond motifs is 2. The van der Waals surface area contributed by atoms with Crippen LogP contribution in [0.3, 0.4) is 0 Å². The first-order chi connectivity index (χ1) is 14.0. The van der Waals surface area contributed by atoms with Gasteiger partial charge >= 0.3 is 0 Å². The number of nitrogens with one attached hydrogen (secondary N) is 1. The number of ether oxygens (including phenoxy) is 2. The highest BCUT2D eigenvalue weighted by atomic mass is 16.7. The van der Waals surface area contributed by atoms with Crippen molar-refractivity contribution in [3.05, 3.63) is 48.0 Å². The molecule has 0 bridgehead atoms. The van der Waals surface area contributed by atoms with Crippen molar-refractivity contribution >= 4 is 23.2 Å². The first-order valence-electron chi connectivity index (χ1n) is 9.87. The largest absolute Gasteiger partial charge is 0.454 e. The molecule has 29 heavy (non-hydrogen) atoms. The van der Waals surface area contributed by atoms with Crippen molar-refractivity contribution in [2.24, 2.45) is 0 Å². The fourth-order valence-electron chi connectivity index (χ4n) is 3.81. The molecule has 2 aromatic carbocycles. The molecule has 0 saturated carbocycles. The van der Waals surface area contributed by atoms with Gasteiger partial charge in [-0.3, -0.25) is 14.5 Å². The molecule has 152 valence electrons. The smallest absolute Gasteiger partial charge is 0.241 e. The van der Waals surface area contributed by atoms with Crippen LogP contribution < -0.4 is 19.7 Å². The molecule has 0 radical (unpaired) electrons. The minimum atomic E-state index is -0.213. The van der Waals surface area contributed by atoms with E-state index in [9.17, 15) is 9.59 Å². The summed E-state index contributed by atoms with van der Waals surface area (Å²) in [6, 6.07) is 13.1. The summed E-state index contributed by atoms with van der Waals surface area (Å²) in [5.74, 6) is 1.39. The van der Waals surface area contributed by atoms with Gasteiger partial charge in [0.2, 0.25) is 18.6 Å². The van der Waals surface area contributed by atoms with Crippen molar-refractivity contribution in [3.63, 3.8) is 0 Å². The van der Waals surface area contributed by atoms with Crippen LogP contribution in [0.4, 0.5) is 11.4 Å². The first-order valence-corrected chi connectivity index (χ1v) is 9.87. The van der Waals surface area contributed by atoms with Gasteiger partial charge in [0, 0.05) is 19.0 Å². The molecule has 1 N–H and O–H groups in total. The standard InChI is InChI=1S/C22H25N3O4/c1-3-24(12-16-8-9-19-20(11-16)29-14-28-19)13-22(27)25-15(2)10-21(26)23-17-6-4-5-7-18(17)25/h4-9,11,15H,3,10,12-14H2,1-2H3,(H,23,26). The Morgan fingerprint density at radius 1 is 1.21 bits per heavy atom. The van der Waals surface area contributed by atoms with Crippen LogP contribution in [0.25, 0.3) is 0 Å². The van der Waals surface area contributed by atoms with Crippen LogP contribution in [0.2, 0.25) is 0 Å². The molecular weight excluding hydrogens is 370 g/mol. The second-order valence-electron chi connectivity index (χ2n) is 7.37. The molecule has 7 heteroatoms. The highest BCUT2D eigenvalue weighted by molar-refractivity contribution is 6.04. The lowest BCUT2D eigenvalue weighted by atomic mass is 10.1. The van der Waals surface area contributed by atoms with E-state index in [0.29, 0.717) is 12.2 Å². The highest BCUT2D eigenvalue weighted by Gasteiger charge is 2.30. The number of hydrogen-bond donors (Lipinski definition) is 1. The van der Waals surface area contributed by atoms with E-state index in [1.807, 2.05) is 56.3 Å². The van der Waals surface area contributed by atoms with Crippen LogP contribution in [-0.2, 0) is 16.1 Å². The molecule has 1 unspecified atom stereocenters. The Kier molecular flexibility index (Phi) is 5.40. The number of benzene rings is 2. The molecule has 1 atom stereocenters. The summed E-state index contributed by atoms with van der Waals surface area (Å²) in [5.41, 5.74) is 2.48. The van der Waals surface area contributed by atoms with E-state index in [4.69, 9.17) is 9.47 Å². The first kappa shape index (κ1) is 19.3. The number of likely N-dealkylation sites (N-methyl/N-ethyl adjacent to an activating group) is 1. The summed E-state index contributed by atoms with van der Waals surface area (Å²) < 4.78 is 10.8. The molecule has 0 aromatic heterocycles. The van der Waals surface area contributed by atoms with Crippen LogP contribution >= 0.6 is 0 Å². The van der Waals surface area contributed by atoms with Crippen LogP contribution in [-0.4, -0.2) is 42.6 Å². The lowest BCUT2D eigenvalue weighted by Gasteiger charge is -2.30. The van der Waals surface area contributed by atoms with E-state index in [-0.39, 0.29) is 37.6 Å².